The number of nitrogens with zero attached hydrogens (tertiary/aromatic N) is 1. The third kappa shape index (κ3) is 2.91. The summed E-state index contributed by atoms with van der Waals surface area (Å²) in [4.78, 5) is 11.4. The van der Waals surface area contributed by atoms with Crippen molar-refractivity contribution in [1.82, 2.24) is 4.72 Å². The number of benzene rings is 1. The highest BCUT2D eigenvalue weighted by atomic mass is 32.2. The number of nitriles is 1. The third-order valence-electron chi connectivity index (χ3n) is 3.78. The quantitative estimate of drug-likeness (QED) is 0.855. The van der Waals surface area contributed by atoms with E-state index in [4.69, 9.17) is 5.26 Å². The zero-order chi connectivity index (χ0) is 15.8. The molecule has 1 aromatic rings. The molecule has 2 N–H and O–H groups in total. The first-order valence-electron chi connectivity index (χ1n) is 6.49. The molecule has 0 bridgehead atoms. The maximum absolute atomic E-state index is 12.4. The molecule has 1 saturated carbocycles. The summed E-state index contributed by atoms with van der Waals surface area (Å²) in [5.41, 5.74) is -0.737. The van der Waals surface area contributed by atoms with Crippen LogP contribution in [-0.2, 0) is 14.8 Å². The molecular weight excluding hydrogens is 292 g/mol. The van der Waals surface area contributed by atoms with Crippen molar-refractivity contribution in [3.63, 3.8) is 0 Å². The van der Waals surface area contributed by atoms with Crippen LogP contribution in [0.15, 0.2) is 23.1 Å². The van der Waals surface area contributed by atoms with Crippen LogP contribution in [0.4, 0.5) is 0 Å². The molecule has 1 aliphatic rings. The molecule has 0 aromatic heterocycles. The molecule has 1 unspecified atom stereocenters. The average Bonchev–Trinajstić information content (AvgIpc) is 3.21. The molecule has 1 aromatic carbocycles. The number of carboxylic acids is 1. The Bertz CT molecular complexity index is 732. The summed E-state index contributed by atoms with van der Waals surface area (Å²) < 4.78 is 27.2. The van der Waals surface area contributed by atoms with E-state index in [1.165, 1.54) is 25.1 Å². The van der Waals surface area contributed by atoms with Crippen molar-refractivity contribution in [3.05, 3.63) is 29.3 Å². The van der Waals surface area contributed by atoms with Crippen LogP contribution < -0.4 is 4.72 Å². The normalized spacial score (nSPS) is 17.8. The number of carbonyl (C=O) groups is 1. The van der Waals surface area contributed by atoms with Gasteiger partial charge in [-0.15, -0.1) is 0 Å². The first-order chi connectivity index (χ1) is 9.70. The van der Waals surface area contributed by atoms with Gasteiger partial charge in [-0.1, -0.05) is 0 Å². The lowest BCUT2D eigenvalue weighted by Crippen LogP contribution is -2.53. The highest BCUT2D eigenvalue weighted by Gasteiger charge is 2.50. The predicted octanol–water partition coefficient (Wildman–Crippen LogP) is 1.40. The maximum Gasteiger partial charge on any atom is 0.324 e. The number of aliphatic carboxylic acids is 1. The Labute approximate surface area is 123 Å². The fourth-order valence-corrected chi connectivity index (χ4v) is 3.97. The topological polar surface area (TPSA) is 107 Å². The van der Waals surface area contributed by atoms with Crippen LogP contribution in [0.2, 0.25) is 0 Å². The van der Waals surface area contributed by atoms with Crippen molar-refractivity contribution in [2.24, 2.45) is 5.92 Å². The lowest BCUT2D eigenvalue weighted by Gasteiger charge is -2.26. The molecule has 112 valence electrons. The van der Waals surface area contributed by atoms with Crippen molar-refractivity contribution in [3.8, 4) is 6.07 Å². The van der Waals surface area contributed by atoms with Gasteiger partial charge in [0.15, 0.2) is 0 Å². The molecule has 0 aliphatic heterocycles. The molecule has 0 heterocycles. The zero-order valence-electron chi connectivity index (χ0n) is 11.8. The Morgan fingerprint density at radius 1 is 1.48 bits per heavy atom. The number of carboxylic acid groups (broad SMARTS) is 1. The van der Waals surface area contributed by atoms with Crippen LogP contribution in [0.25, 0.3) is 0 Å². The van der Waals surface area contributed by atoms with Gasteiger partial charge < -0.3 is 5.11 Å². The fraction of sp³-hybridized carbons (Fsp3) is 0.429. The SMILES string of the molecule is Cc1cc(C#N)ccc1S(=O)(=O)NC(C)(C(=O)O)C1CC1. The van der Waals surface area contributed by atoms with Crippen molar-refractivity contribution < 1.29 is 18.3 Å². The standard InChI is InChI=1S/C14H16N2O4S/c1-9-7-10(8-15)3-6-12(9)21(19,20)16-14(2,13(17)18)11-4-5-11/h3,6-7,11,16H,4-5H2,1-2H3,(H,17,18). The van der Waals surface area contributed by atoms with Gasteiger partial charge >= 0.3 is 5.97 Å². The second-order valence-corrected chi connectivity index (χ2v) is 7.13. The molecule has 1 atom stereocenters. The Morgan fingerprint density at radius 3 is 2.52 bits per heavy atom. The Hall–Kier alpha value is -1.91. The minimum Gasteiger partial charge on any atom is -0.480 e. The molecule has 0 saturated heterocycles. The maximum atomic E-state index is 12.4. The van der Waals surface area contributed by atoms with Crippen LogP contribution in [0.3, 0.4) is 0 Å². The van der Waals surface area contributed by atoms with E-state index in [-0.39, 0.29) is 10.8 Å². The zero-order valence-corrected chi connectivity index (χ0v) is 12.6. The van der Waals surface area contributed by atoms with E-state index >= 15 is 0 Å². The largest absolute Gasteiger partial charge is 0.480 e. The molecule has 6 nitrogen and oxygen atoms in total. The van der Waals surface area contributed by atoms with Crippen molar-refractivity contribution in [2.45, 2.75) is 37.1 Å². The van der Waals surface area contributed by atoms with Crippen LogP contribution in [0, 0.1) is 24.2 Å². The van der Waals surface area contributed by atoms with E-state index in [0.717, 1.165) is 0 Å². The van der Waals surface area contributed by atoms with E-state index < -0.39 is 21.5 Å². The summed E-state index contributed by atoms with van der Waals surface area (Å²) in [6.07, 6.45) is 1.38. The molecule has 2 rings (SSSR count). The van der Waals surface area contributed by atoms with E-state index in [2.05, 4.69) is 4.72 Å². The van der Waals surface area contributed by atoms with Crippen molar-refractivity contribution >= 4 is 16.0 Å². The van der Waals surface area contributed by atoms with E-state index in [1.54, 1.807) is 6.92 Å². The van der Waals surface area contributed by atoms with Crippen molar-refractivity contribution in [2.75, 3.05) is 0 Å². The second kappa shape index (κ2) is 5.13. The van der Waals surface area contributed by atoms with E-state index in [0.29, 0.717) is 24.0 Å². The van der Waals surface area contributed by atoms with Gasteiger partial charge in [0.25, 0.3) is 0 Å². The monoisotopic (exact) mass is 308 g/mol. The lowest BCUT2D eigenvalue weighted by atomic mass is 9.98. The number of rotatable bonds is 5. The predicted molar refractivity (Wildman–Crippen MR) is 75.0 cm³/mol. The summed E-state index contributed by atoms with van der Waals surface area (Å²) in [5.74, 6) is -1.37. The van der Waals surface area contributed by atoms with Gasteiger partial charge in [-0.3, -0.25) is 4.79 Å². The minimum atomic E-state index is -3.96. The fourth-order valence-electron chi connectivity index (χ4n) is 2.32. The summed E-state index contributed by atoms with van der Waals surface area (Å²) in [6, 6.07) is 6.12. The number of aryl methyl sites for hydroxylation is 1. The summed E-state index contributed by atoms with van der Waals surface area (Å²) in [7, 11) is -3.96. The minimum absolute atomic E-state index is 0.00498. The molecule has 0 amide bonds. The number of hydrogen-bond acceptors (Lipinski definition) is 4. The first-order valence-corrected chi connectivity index (χ1v) is 7.97. The van der Waals surface area contributed by atoms with E-state index in [1.807, 2.05) is 6.07 Å². The highest BCUT2D eigenvalue weighted by molar-refractivity contribution is 7.89. The average molecular weight is 308 g/mol. The van der Waals surface area contributed by atoms with Gasteiger partial charge in [0, 0.05) is 0 Å². The summed E-state index contributed by atoms with van der Waals surface area (Å²) >= 11 is 0. The third-order valence-corrected chi connectivity index (χ3v) is 5.51. The molecule has 7 heteroatoms. The van der Waals surface area contributed by atoms with Gasteiger partial charge in [-0.2, -0.15) is 9.98 Å². The van der Waals surface area contributed by atoms with E-state index in [9.17, 15) is 18.3 Å². The summed E-state index contributed by atoms with van der Waals surface area (Å²) in [5, 5.41) is 18.1. The number of sulfonamides is 1. The van der Waals surface area contributed by atoms with Crippen LogP contribution in [0.1, 0.15) is 30.9 Å². The second-order valence-electron chi connectivity index (χ2n) is 5.48. The Balaban J connectivity index is 2.39. The number of nitrogens with one attached hydrogen (secondary N) is 1. The molecule has 1 aliphatic carbocycles. The van der Waals surface area contributed by atoms with Crippen LogP contribution in [0.5, 0.6) is 0 Å². The van der Waals surface area contributed by atoms with Gasteiger partial charge in [0.1, 0.15) is 5.54 Å². The molecule has 0 radical (unpaired) electrons. The highest BCUT2D eigenvalue weighted by Crippen LogP contribution is 2.40. The molecular formula is C14H16N2O4S. The van der Waals surface area contributed by atoms with Crippen molar-refractivity contribution in [1.29, 1.82) is 5.26 Å². The molecule has 0 spiro atoms. The smallest absolute Gasteiger partial charge is 0.324 e. The van der Waals surface area contributed by atoms with Gasteiger partial charge in [-0.25, -0.2) is 8.42 Å². The summed E-state index contributed by atoms with van der Waals surface area (Å²) in [6.45, 7) is 2.97. The Kier molecular flexibility index (Phi) is 3.78. The van der Waals surface area contributed by atoms with Crippen LogP contribution in [-0.4, -0.2) is 25.0 Å². The molecule has 1 fully saturated rings. The lowest BCUT2D eigenvalue weighted by molar-refractivity contribution is -0.144. The van der Waals surface area contributed by atoms with Crippen LogP contribution >= 0.6 is 0 Å². The molecule has 21 heavy (non-hydrogen) atoms. The number of hydrogen-bond donors (Lipinski definition) is 2. The van der Waals surface area contributed by atoms with Gasteiger partial charge in [0.05, 0.1) is 16.5 Å². The van der Waals surface area contributed by atoms with Gasteiger partial charge in [0.2, 0.25) is 10.0 Å². The first kappa shape index (κ1) is 15.5. The van der Waals surface area contributed by atoms with Gasteiger partial charge in [-0.05, 0) is 56.4 Å². The Morgan fingerprint density at radius 2 is 2.10 bits per heavy atom.